The summed E-state index contributed by atoms with van der Waals surface area (Å²) in [6, 6.07) is 8.11. The van der Waals surface area contributed by atoms with Crippen LogP contribution in [0.3, 0.4) is 0 Å². The van der Waals surface area contributed by atoms with Gasteiger partial charge in [0.15, 0.2) is 15.2 Å². The van der Waals surface area contributed by atoms with Crippen molar-refractivity contribution < 1.29 is 23.1 Å². The summed E-state index contributed by atoms with van der Waals surface area (Å²) in [6.07, 6.45) is 1.66. The summed E-state index contributed by atoms with van der Waals surface area (Å²) in [5.41, 5.74) is 6.24. The van der Waals surface area contributed by atoms with E-state index in [1.807, 2.05) is 30.3 Å². The summed E-state index contributed by atoms with van der Waals surface area (Å²) < 4.78 is 25.0. The van der Waals surface area contributed by atoms with Gasteiger partial charge in [0, 0.05) is 22.2 Å². The van der Waals surface area contributed by atoms with Gasteiger partial charge in [-0.15, -0.1) is 11.8 Å². The second kappa shape index (κ2) is 6.32. The van der Waals surface area contributed by atoms with Crippen LogP contribution in [0.5, 0.6) is 0 Å². The van der Waals surface area contributed by atoms with Gasteiger partial charge in [0.1, 0.15) is 11.7 Å². The molecule has 2 aliphatic heterocycles. The van der Waals surface area contributed by atoms with Gasteiger partial charge < -0.3 is 10.8 Å². The number of carbonyl (C=O) groups is 2. The summed E-state index contributed by atoms with van der Waals surface area (Å²) in [5.74, 6) is -2.33. The number of rotatable bonds is 4. The maximum Gasteiger partial charge on any atom is 0.352 e. The number of carboxylic acid groups (broad SMARTS) is 1. The Bertz CT molecular complexity index is 1110. The zero-order valence-electron chi connectivity index (χ0n) is 13.9. The summed E-state index contributed by atoms with van der Waals surface area (Å²) in [5, 5.41) is 9.20. The van der Waals surface area contributed by atoms with Crippen molar-refractivity contribution in [2.45, 2.75) is 16.3 Å². The van der Waals surface area contributed by atoms with E-state index >= 15 is 0 Å². The minimum Gasteiger partial charge on any atom is -0.477 e. The van der Waals surface area contributed by atoms with Crippen LogP contribution in [0, 0.1) is 0 Å². The molecule has 0 spiro atoms. The molecular weight excluding hydrogens is 390 g/mol. The lowest BCUT2D eigenvalue weighted by molar-refractivity contribution is -0.148. The predicted octanol–water partition coefficient (Wildman–Crippen LogP) is 0.590. The molecular formula is C17H15N3O5S2. The molecule has 10 heteroatoms. The molecule has 140 valence electrons. The van der Waals surface area contributed by atoms with E-state index in [4.69, 9.17) is 5.73 Å². The highest BCUT2D eigenvalue weighted by molar-refractivity contribution is 7.99. The van der Waals surface area contributed by atoms with Gasteiger partial charge in [-0.25, -0.2) is 13.2 Å². The van der Waals surface area contributed by atoms with E-state index in [0.717, 1.165) is 20.7 Å². The van der Waals surface area contributed by atoms with E-state index in [2.05, 4.69) is 4.98 Å². The number of para-hydroxylation sites is 1. The number of nitrogens with zero attached hydrogens (tertiary/aromatic N) is 2. The zero-order valence-corrected chi connectivity index (χ0v) is 15.5. The number of carbonyl (C=O) groups excluding carboxylic acids is 1. The van der Waals surface area contributed by atoms with Gasteiger partial charge in [-0.1, -0.05) is 18.2 Å². The van der Waals surface area contributed by atoms with Crippen LogP contribution in [0.2, 0.25) is 0 Å². The number of β-lactam (4-membered cyclic amide) rings is 1. The number of pyridine rings is 1. The first kappa shape index (κ1) is 18.0. The van der Waals surface area contributed by atoms with E-state index in [0.29, 0.717) is 0 Å². The lowest BCUT2D eigenvalue weighted by Crippen LogP contribution is -2.73. The first-order valence-corrected chi connectivity index (χ1v) is 10.7. The molecule has 4 rings (SSSR count). The van der Waals surface area contributed by atoms with Crippen molar-refractivity contribution in [3.63, 3.8) is 0 Å². The maximum atomic E-state index is 12.5. The molecule has 0 bridgehead atoms. The molecule has 2 aliphatic rings. The molecule has 1 aromatic carbocycles. The molecule has 0 aliphatic carbocycles. The Morgan fingerprint density at radius 1 is 1.33 bits per heavy atom. The minimum absolute atomic E-state index is 0.113. The topological polar surface area (TPSA) is 131 Å². The molecule has 2 atom stereocenters. The fraction of sp³-hybridized carbons (Fsp3) is 0.235. The van der Waals surface area contributed by atoms with Crippen molar-refractivity contribution in [3.8, 4) is 0 Å². The van der Waals surface area contributed by atoms with Crippen molar-refractivity contribution in [2.24, 2.45) is 5.73 Å². The van der Waals surface area contributed by atoms with Gasteiger partial charge in [-0.05, 0) is 17.7 Å². The van der Waals surface area contributed by atoms with Gasteiger partial charge in [0.05, 0.1) is 11.3 Å². The summed E-state index contributed by atoms with van der Waals surface area (Å²) in [7, 11) is -3.74. The van der Waals surface area contributed by atoms with Crippen molar-refractivity contribution in [1.29, 1.82) is 0 Å². The minimum atomic E-state index is -3.74. The standard InChI is InChI=1S/C17H15N3O5S2/c18-12-15(21)20-14(17(22)23)10(8-27(24,25)16(12)20)7-26-11-5-1-3-9-4-2-6-19-13(9)11/h1-6,12,16H,7-8,18H2,(H,22,23)/t12-,16-/m1/s1. The van der Waals surface area contributed by atoms with Crippen molar-refractivity contribution in [2.75, 3.05) is 11.5 Å². The van der Waals surface area contributed by atoms with Crippen LogP contribution < -0.4 is 5.73 Å². The molecule has 27 heavy (non-hydrogen) atoms. The first-order chi connectivity index (χ1) is 12.8. The van der Waals surface area contributed by atoms with Crippen LogP contribution in [0.4, 0.5) is 0 Å². The molecule has 0 saturated carbocycles. The molecule has 3 N–H and O–H groups in total. The summed E-state index contributed by atoms with van der Waals surface area (Å²) >= 11 is 1.29. The Balaban J connectivity index is 1.71. The maximum absolute atomic E-state index is 12.5. The van der Waals surface area contributed by atoms with Gasteiger partial charge in [-0.2, -0.15) is 0 Å². The normalized spacial score (nSPS) is 23.9. The third kappa shape index (κ3) is 2.80. The molecule has 2 aromatic rings. The van der Waals surface area contributed by atoms with Crippen LogP contribution in [0.1, 0.15) is 0 Å². The molecule has 1 saturated heterocycles. The highest BCUT2D eigenvalue weighted by Gasteiger charge is 2.58. The monoisotopic (exact) mass is 405 g/mol. The Labute approximate surface area is 159 Å². The first-order valence-electron chi connectivity index (χ1n) is 8.03. The molecule has 0 radical (unpaired) electrons. The molecule has 1 amide bonds. The van der Waals surface area contributed by atoms with Crippen LogP contribution >= 0.6 is 11.8 Å². The highest BCUT2D eigenvalue weighted by Crippen LogP contribution is 2.38. The van der Waals surface area contributed by atoms with E-state index < -0.39 is 38.9 Å². The number of amides is 1. The van der Waals surface area contributed by atoms with Gasteiger partial charge in [-0.3, -0.25) is 14.7 Å². The second-order valence-corrected chi connectivity index (χ2v) is 9.42. The zero-order chi connectivity index (χ0) is 19.3. The van der Waals surface area contributed by atoms with E-state index in [1.54, 1.807) is 6.20 Å². The fourth-order valence-corrected chi connectivity index (χ4v) is 6.57. The Morgan fingerprint density at radius 2 is 2.07 bits per heavy atom. The number of sulfone groups is 1. The molecule has 8 nitrogen and oxygen atoms in total. The number of aliphatic carboxylic acids is 1. The van der Waals surface area contributed by atoms with E-state index in [9.17, 15) is 23.1 Å². The lowest BCUT2D eigenvalue weighted by atomic mass is 10.0. The highest BCUT2D eigenvalue weighted by atomic mass is 32.2. The number of nitrogens with two attached hydrogens (primary N) is 1. The van der Waals surface area contributed by atoms with E-state index in [1.165, 1.54) is 11.8 Å². The number of benzene rings is 1. The smallest absolute Gasteiger partial charge is 0.352 e. The lowest BCUT2D eigenvalue weighted by Gasteiger charge is -2.47. The van der Waals surface area contributed by atoms with Crippen LogP contribution in [0.15, 0.2) is 52.7 Å². The largest absolute Gasteiger partial charge is 0.477 e. The summed E-state index contributed by atoms with van der Waals surface area (Å²) in [6.45, 7) is 0. The number of hydrogen-bond donors (Lipinski definition) is 2. The van der Waals surface area contributed by atoms with Crippen LogP contribution in [-0.2, 0) is 19.4 Å². The number of aromatic nitrogens is 1. The van der Waals surface area contributed by atoms with Crippen molar-refractivity contribution in [3.05, 3.63) is 47.8 Å². The number of fused-ring (bicyclic) bond motifs is 2. The SMILES string of the molecule is N[C@@H]1C(=O)N2C(C(=O)O)=C(CSc3cccc4cccnc34)CS(=O)(=O)[C@H]12. The Hall–Kier alpha value is -2.43. The third-order valence-electron chi connectivity index (χ3n) is 4.60. The van der Waals surface area contributed by atoms with Gasteiger partial charge in [0.2, 0.25) is 5.91 Å². The Kier molecular flexibility index (Phi) is 4.21. The van der Waals surface area contributed by atoms with Crippen LogP contribution in [0.25, 0.3) is 10.9 Å². The van der Waals surface area contributed by atoms with E-state index in [-0.39, 0.29) is 17.0 Å². The number of thioether (sulfide) groups is 1. The van der Waals surface area contributed by atoms with Crippen LogP contribution in [-0.4, -0.2) is 58.2 Å². The number of carboxylic acids is 1. The van der Waals surface area contributed by atoms with Gasteiger partial charge in [0.25, 0.3) is 0 Å². The van der Waals surface area contributed by atoms with Gasteiger partial charge >= 0.3 is 5.97 Å². The molecule has 1 aromatic heterocycles. The van der Waals surface area contributed by atoms with Crippen molar-refractivity contribution >= 4 is 44.4 Å². The molecule has 1 fully saturated rings. The average molecular weight is 405 g/mol. The predicted molar refractivity (Wildman–Crippen MR) is 99.5 cm³/mol. The van der Waals surface area contributed by atoms with Crippen molar-refractivity contribution in [1.82, 2.24) is 9.88 Å². The molecule has 3 heterocycles. The second-order valence-electron chi connectivity index (χ2n) is 6.31. The molecule has 0 unspecified atom stereocenters. The fourth-order valence-electron chi connectivity index (χ4n) is 3.40. The number of hydrogen-bond acceptors (Lipinski definition) is 7. The third-order valence-corrected chi connectivity index (χ3v) is 7.73. The average Bonchev–Trinajstić information content (AvgIpc) is 2.64. The summed E-state index contributed by atoms with van der Waals surface area (Å²) in [4.78, 5) is 29.7. The Morgan fingerprint density at radius 3 is 2.81 bits per heavy atom. The quantitative estimate of drug-likeness (QED) is 0.558.